The van der Waals surface area contributed by atoms with Gasteiger partial charge in [-0.2, -0.15) is 12.6 Å². The Morgan fingerprint density at radius 2 is 2.44 bits per heavy atom. The summed E-state index contributed by atoms with van der Waals surface area (Å²) in [6.07, 6.45) is 3.43. The fourth-order valence-corrected chi connectivity index (χ4v) is 0.401. The predicted octanol–water partition coefficient (Wildman–Crippen LogP) is -0.495. The number of rotatable bonds is 4. The largest absolute Gasteiger partial charge is 0.382 e. The lowest BCUT2D eigenvalue weighted by molar-refractivity contribution is -0.117. The Morgan fingerprint density at radius 1 is 1.78 bits per heavy atom. The van der Waals surface area contributed by atoms with Gasteiger partial charge in [-0.15, -0.1) is 0 Å². The Balaban J connectivity index is 3.09. The zero-order chi connectivity index (χ0) is 7.11. The van der Waals surface area contributed by atoms with Crippen LogP contribution in [0.15, 0.2) is 12.3 Å². The molecule has 0 aromatic rings. The fourth-order valence-electron chi connectivity index (χ4n) is 0.296. The summed E-state index contributed by atoms with van der Waals surface area (Å²) in [6, 6.07) is 0. The maximum Gasteiger partial charge on any atom is 0.236 e. The molecule has 0 unspecified atom stereocenters. The van der Waals surface area contributed by atoms with E-state index in [9.17, 15) is 4.79 Å². The lowest BCUT2D eigenvalue weighted by Crippen LogP contribution is -2.24. The lowest BCUT2D eigenvalue weighted by Gasteiger charge is -1.91. The van der Waals surface area contributed by atoms with Crippen LogP contribution < -0.4 is 11.1 Å². The molecule has 0 rings (SSSR count). The van der Waals surface area contributed by atoms with Gasteiger partial charge in [-0.25, -0.2) is 0 Å². The van der Waals surface area contributed by atoms with Crippen LogP contribution >= 0.6 is 12.6 Å². The van der Waals surface area contributed by atoms with E-state index in [1.54, 1.807) is 12.3 Å². The molecular formula is C5H10N2OS. The number of carbonyl (C=O) groups excluding carboxylic acids is 1. The highest BCUT2D eigenvalue weighted by atomic mass is 32.1. The first-order valence-electron chi connectivity index (χ1n) is 2.55. The van der Waals surface area contributed by atoms with Crippen molar-refractivity contribution in [3.8, 4) is 0 Å². The summed E-state index contributed by atoms with van der Waals surface area (Å²) in [5.74, 6) is 0.296. The van der Waals surface area contributed by atoms with Crippen LogP contribution in [0.5, 0.6) is 0 Å². The fraction of sp³-hybridized carbons (Fsp3) is 0.400. The van der Waals surface area contributed by atoms with Gasteiger partial charge in [-0.1, -0.05) is 6.08 Å². The number of hydrogen-bond acceptors (Lipinski definition) is 3. The zero-order valence-corrected chi connectivity index (χ0v) is 5.90. The lowest BCUT2D eigenvalue weighted by atomic mass is 10.6. The number of nitrogens with two attached hydrogens (primary N) is 1. The summed E-state index contributed by atoms with van der Waals surface area (Å²) in [5.41, 5.74) is 4.82. The topological polar surface area (TPSA) is 55.1 Å². The number of thiol groups is 1. The number of nitrogens with one attached hydrogen (secondary N) is 1. The van der Waals surface area contributed by atoms with Crippen molar-refractivity contribution in [2.45, 2.75) is 0 Å². The smallest absolute Gasteiger partial charge is 0.236 e. The van der Waals surface area contributed by atoms with E-state index in [1.165, 1.54) is 0 Å². The van der Waals surface area contributed by atoms with E-state index >= 15 is 0 Å². The Morgan fingerprint density at radius 3 is 2.89 bits per heavy atom. The number of amides is 1. The predicted molar refractivity (Wildman–Crippen MR) is 40.2 cm³/mol. The van der Waals surface area contributed by atoms with Crippen LogP contribution in [0, 0.1) is 0 Å². The van der Waals surface area contributed by atoms with Crippen LogP contribution in [-0.4, -0.2) is 18.2 Å². The van der Waals surface area contributed by atoms with E-state index < -0.39 is 0 Å². The zero-order valence-electron chi connectivity index (χ0n) is 5.00. The van der Waals surface area contributed by atoms with Gasteiger partial charge >= 0.3 is 0 Å². The summed E-state index contributed by atoms with van der Waals surface area (Å²) >= 11 is 3.90. The average Bonchev–Trinajstić information content (AvgIpc) is 1.80. The highest BCUT2D eigenvalue weighted by Crippen LogP contribution is 1.72. The molecule has 0 aliphatic carbocycles. The molecule has 0 atom stereocenters. The second kappa shape index (κ2) is 5.50. The monoisotopic (exact) mass is 146 g/mol. The van der Waals surface area contributed by atoms with E-state index in [1.807, 2.05) is 0 Å². The van der Waals surface area contributed by atoms with E-state index in [4.69, 9.17) is 5.73 Å². The van der Waals surface area contributed by atoms with Crippen LogP contribution in [0.3, 0.4) is 0 Å². The van der Waals surface area contributed by atoms with Gasteiger partial charge in [0.1, 0.15) is 0 Å². The van der Waals surface area contributed by atoms with Crippen molar-refractivity contribution < 1.29 is 4.79 Å². The summed E-state index contributed by atoms with van der Waals surface area (Å²) in [5, 5.41) is 2.68. The molecule has 0 saturated heterocycles. The third-order valence-corrected chi connectivity index (χ3v) is 0.828. The first-order valence-corrected chi connectivity index (χ1v) is 3.18. The maximum absolute atomic E-state index is 10.1. The second-order valence-electron chi connectivity index (χ2n) is 1.43. The number of primary amides is 1. The summed E-state index contributed by atoms with van der Waals surface area (Å²) < 4.78 is 0. The average molecular weight is 146 g/mol. The highest BCUT2D eigenvalue weighted by Gasteiger charge is 1.85. The molecule has 52 valence electrons. The van der Waals surface area contributed by atoms with Crippen LogP contribution in [-0.2, 0) is 4.79 Å². The van der Waals surface area contributed by atoms with Crippen molar-refractivity contribution in [1.82, 2.24) is 5.32 Å². The van der Waals surface area contributed by atoms with E-state index in [0.717, 1.165) is 0 Å². The van der Waals surface area contributed by atoms with Crippen molar-refractivity contribution in [3.05, 3.63) is 12.3 Å². The van der Waals surface area contributed by atoms with Gasteiger partial charge in [0.15, 0.2) is 0 Å². The minimum Gasteiger partial charge on any atom is -0.382 e. The Bertz CT molecular complexity index is 114. The molecule has 0 fully saturated rings. The summed E-state index contributed by atoms with van der Waals surface area (Å²) in [6.45, 7) is 0.185. The molecule has 3 N–H and O–H groups in total. The molecule has 0 aromatic heterocycles. The first-order chi connectivity index (χ1) is 4.27. The van der Waals surface area contributed by atoms with E-state index in [-0.39, 0.29) is 12.5 Å². The Labute approximate surface area is 59.7 Å². The van der Waals surface area contributed by atoms with E-state index in [2.05, 4.69) is 17.9 Å². The third kappa shape index (κ3) is 7.36. The molecule has 0 aliphatic rings. The maximum atomic E-state index is 10.1. The molecule has 0 heterocycles. The Hall–Kier alpha value is -0.640. The standard InChI is InChI=1S/C5H10N2OS/c6-5(8)4-7-2-1-3-9/h1-2,7,9H,3-4H2,(H2,6,8). The van der Waals surface area contributed by atoms with Crippen molar-refractivity contribution >= 4 is 18.5 Å². The Kier molecular flexibility index (Phi) is 5.11. The SMILES string of the molecule is NC(=O)CNC=CCS. The molecule has 4 heteroatoms. The number of hydrogen-bond donors (Lipinski definition) is 3. The molecular weight excluding hydrogens is 136 g/mol. The normalized spacial score (nSPS) is 9.89. The quantitative estimate of drug-likeness (QED) is 0.468. The van der Waals surface area contributed by atoms with Crippen LogP contribution in [0.1, 0.15) is 0 Å². The van der Waals surface area contributed by atoms with Crippen molar-refractivity contribution in [2.75, 3.05) is 12.3 Å². The highest BCUT2D eigenvalue weighted by molar-refractivity contribution is 7.80. The van der Waals surface area contributed by atoms with Gasteiger partial charge in [0.05, 0.1) is 6.54 Å². The molecule has 0 radical (unpaired) electrons. The van der Waals surface area contributed by atoms with Gasteiger partial charge in [-0.05, 0) is 6.20 Å². The molecule has 0 spiro atoms. The molecule has 1 amide bonds. The number of carbonyl (C=O) groups is 1. The van der Waals surface area contributed by atoms with Gasteiger partial charge in [0.25, 0.3) is 0 Å². The molecule has 0 aromatic carbocycles. The van der Waals surface area contributed by atoms with Crippen molar-refractivity contribution in [2.24, 2.45) is 5.73 Å². The van der Waals surface area contributed by atoms with Gasteiger partial charge in [0.2, 0.25) is 5.91 Å². The van der Waals surface area contributed by atoms with E-state index in [0.29, 0.717) is 5.75 Å². The molecule has 9 heavy (non-hydrogen) atoms. The minimum atomic E-state index is -0.362. The van der Waals surface area contributed by atoms with Crippen molar-refractivity contribution in [1.29, 1.82) is 0 Å². The van der Waals surface area contributed by atoms with Gasteiger partial charge < -0.3 is 11.1 Å². The molecule has 0 bridgehead atoms. The minimum absolute atomic E-state index is 0.185. The van der Waals surface area contributed by atoms with Gasteiger partial charge in [0, 0.05) is 5.75 Å². The summed E-state index contributed by atoms with van der Waals surface area (Å²) in [4.78, 5) is 10.1. The van der Waals surface area contributed by atoms with Crippen LogP contribution in [0.25, 0.3) is 0 Å². The van der Waals surface area contributed by atoms with Crippen molar-refractivity contribution in [3.63, 3.8) is 0 Å². The first kappa shape index (κ1) is 8.36. The van der Waals surface area contributed by atoms with Crippen LogP contribution in [0.4, 0.5) is 0 Å². The summed E-state index contributed by atoms with van der Waals surface area (Å²) in [7, 11) is 0. The second-order valence-corrected chi connectivity index (χ2v) is 1.80. The van der Waals surface area contributed by atoms with Gasteiger partial charge in [-0.3, -0.25) is 4.79 Å². The molecule has 3 nitrogen and oxygen atoms in total. The molecule has 0 saturated carbocycles. The third-order valence-electron chi connectivity index (χ3n) is 0.617. The van der Waals surface area contributed by atoms with Crippen LogP contribution in [0.2, 0.25) is 0 Å². The molecule has 0 aliphatic heterocycles.